The van der Waals surface area contributed by atoms with Gasteiger partial charge in [0.1, 0.15) is 0 Å². The molecular formula is C12H25NO4. The summed E-state index contributed by atoms with van der Waals surface area (Å²) in [6.07, 6.45) is 1.67. The molecule has 0 radical (unpaired) electrons. The average molecular weight is 247 g/mol. The Morgan fingerprint density at radius 1 is 1.47 bits per heavy atom. The van der Waals surface area contributed by atoms with Crippen LogP contribution < -0.4 is 5.32 Å². The normalized spacial score (nSPS) is 16.3. The average Bonchev–Trinajstić information content (AvgIpc) is 2.31. The van der Waals surface area contributed by atoms with E-state index >= 15 is 0 Å². The Balaban J connectivity index is 3.75. The number of hydrogen-bond donors (Lipinski definition) is 2. The number of methoxy groups -OCH3 is 2. The van der Waals surface area contributed by atoms with E-state index in [1.807, 2.05) is 6.92 Å². The molecule has 102 valence electrons. The van der Waals surface area contributed by atoms with Crippen LogP contribution in [0.25, 0.3) is 0 Å². The first kappa shape index (κ1) is 16.4. The van der Waals surface area contributed by atoms with Crippen LogP contribution in [0.3, 0.4) is 0 Å². The molecule has 0 aliphatic heterocycles. The lowest BCUT2D eigenvalue weighted by molar-refractivity contribution is -0.123. The Labute approximate surface area is 103 Å². The van der Waals surface area contributed by atoms with Crippen LogP contribution in [0.1, 0.15) is 33.1 Å². The highest BCUT2D eigenvalue weighted by Gasteiger charge is 2.20. The highest BCUT2D eigenvalue weighted by molar-refractivity contribution is 5.75. The summed E-state index contributed by atoms with van der Waals surface area (Å²) in [7, 11) is 3.21. The smallest absolute Gasteiger partial charge is 0.220 e. The maximum Gasteiger partial charge on any atom is 0.220 e. The Morgan fingerprint density at radius 3 is 2.65 bits per heavy atom. The molecule has 0 aromatic heterocycles. The summed E-state index contributed by atoms with van der Waals surface area (Å²) in [5.74, 6) is -0.0633. The third-order valence-electron chi connectivity index (χ3n) is 2.69. The van der Waals surface area contributed by atoms with Crippen LogP contribution in [0.5, 0.6) is 0 Å². The first-order valence-corrected chi connectivity index (χ1v) is 5.92. The monoisotopic (exact) mass is 247 g/mol. The fourth-order valence-electron chi connectivity index (χ4n) is 1.24. The van der Waals surface area contributed by atoms with Crippen molar-refractivity contribution < 1.29 is 19.4 Å². The number of carbonyl (C=O) groups excluding carboxylic acids is 1. The lowest BCUT2D eigenvalue weighted by Gasteiger charge is -2.23. The summed E-state index contributed by atoms with van der Waals surface area (Å²) in [4.78, 5) is 11.5. The molecule has 2 unspecified atom stereocenters. The van der Waals surface area contributed by atoms with Gasteiger partial charge < -0.3 is 19.9 Å². The molecule has 2 N–H and O–H groups in total. The molecule has 2 atom stereocenters. The van der Waals surface area contributed by atoms with Gasteiger partial charge in [0.2, 0.25) is 5.91 Å². The minimum absolute atomic E-state index is 0.0633. The van der Waals surface area contributed by atoms with Crippen LogP contribution in [0.2, 0.25) is 0 Å². The summed E-state index contributed by atoms with van der Waals surface area (Å²) in [5, 5.41) is 12.6. The number of ether oxygens (including phenoxy) is 2. The standard InChI is InChI=1S/C12H25NO4/c1-10(17-4)5-6-11(14)13-9-12(2,15)7-8-16-3/h10,15H,5-9H2,1-4H3,(H,13,14). The van der Waals surface area contributed by atoms with Crippen LogP contribution in [-0.2, 0) is 14.3 Å². The molecule has 0 aliphatic carbocycles. The van der Waals surface area contributed by atoms with Crippen molar-refractivity contribution in [3.63, 3.8) is 0 Å². The minimum atomic E-state index is -0.918. The van der Waals surface area contributed by atoms with Crippen molar-refractivity contribution >= 4 is 5.91 Å². The van der Waals surface area contributed by atoms with Crippen LogP contribution in [-0.4, -0.2) is 50.1 Å². The first-order valence-electron chi connectivity index (χ1n) is 5.92. The van der Waals surface area contributed by atoms with Gasteiger partial charge in [-0.05, 0) is 20.3 Å². The number of hydrogen-bond acceptors (Lipinski definition) is 4. The zero-order valence-electron chi connectivity index (χ0n) is 11.3. The number of aliphatic hydroxyl groups is 1. The van der Waals surface area contributed by atoms with E-state index in [2.05, 4.69) is 5.32 Å². The molecule has 0 heterocycles. The third kappa shape index (κ3) is 9.09. The number of carbonyl (C=O) groups is 1. The molecule has 0 aromatic rings. The predicted molar refractivity (Wildman–Crippen MR) is 65.8 cm³/mol. The van der Waals surface area contributed by atoms with Gasteiger partial charge in [-0.3, -0.25) is 4.79 Å². The summed E-state index contributed by atoms with van der Waals surface area (Å²) in [6.45, 7) is 4.33. The molecule has 0 spiro atoms. The molecule has 0 fully saturated rings. The fraction of sp³-hybridized carbons (Fsp3) is 0.917. The van der Waals surface area contributed by atoms with Crippen molar-refractivity contribution in [2.75, 3.05) is 27.4 Å². The number of nitrogens with one attached hydrogen (secondary N) is 1. The van der Waals surface area contributed by atoms with Crippen molar-refractivity contribution in [3.05, 3.63) is 0 Å². The van der Waals surface area contributed by atoms with Crippen molar-refractivity contribution in [3.8, 4) is 0 Å². The Morgan fingerprint density at radius 2 is 2.12 bits per heavy atom. The number of amides is 1. The summed E-state index contributed by atoms with van der Waals surface area (Å²) >= 11 is 0. The second-order valence-electron chi connectivity index (χ2n) is 4.60. The second kappa shape index (κ2) is 8.44. The van der Waals surface area contributed by atoms with Crippen LogP contribution in [0, 0.1) is 0 Å². The summed E-state index contributed by atoms with van der Waals surface area (Å²) in [5.41, 5.74) is -0.918. The Kier molecular flexibility index (Phi) is 8.12. The van der Waals surface area contributed by atoms with Gasteiger partial charge in [-0.15, -0.1) is 0 Å². The maximum absolute atomic E-state index is 11.5. The molecule has 17 heavy (non-hydrogen) atoms. The lowest BCUT2D eigenvalue weighted by atomic mass is 10.0. The van der Waals surface area contributed by atoms with Gasteiger partial charge >= 0.3 is 0 Å². The van der Waals surface area contributed by atoms with E-state index < -0.39 is 5.60 Å². The summed E-state index contributed by atoms with van der Waals surface area (Å²) in [6, 6.07) is 0. The Bertz CT molecular complexity index is 219. The highest BCUT2D eigenvalue weighted by atomic mass is 16.5. The molecule has 0 saturated heterocycles. The molecule has 0 aliphatic rings. The first-order chi connectivity index (χ1) is 7.91. The van der Waals surface area contributed by atoms with Gasteiger partial charge in [-0.2, -0.15) is 0 Å². The van der Waals surface area contributed by atoms with Crippen molar-refractivity contribution in [1.82, 2.24) is 5.32 Å². The van der Waals surface area contributed by atoms with E-state index in [4.69, 9.17) is 9.47 Å². The van der Waals surface area contributed by atoms with Crippen molar-refractivity contribution in [2.24, 2.45) is 0 Å². The van der Waals surface area contributed by atoms with Crippen molar-refractivity contribution in [1.29, 1.82) is 0 Å². The molecule has 1 amide bonds. The molecular weight excluding hydrogens is 222 g/mol. The SMILES string of the molecule is COCCC(C)(O)CNC(=O)CCC(C)OC. The van der Waals surface area contributed by atoms with Crippen LogP contribution in [0.15, 0.2) is 0 Å². The fourth-order valence-corrected chi connectivity index (χ4v) is 1.24. The van der Waals surface area contributed by atoms with E-state index in [1.54, 1.807) is 21.1 Å². The zero-order chi connectivity index (χ0) is 13.3. The second-order valence-corrected chi connectivity index (χ2v) is 4.60. The van der Waals surface area contributed by atoms with Gasteiger partial charge in [-0.25, -0.2) is 0 Å². The molecule has 5 heteroatoms. The number of rotatable bonds is 9. The molecule has 0 aromatic carbocycles. The largest absolute Gasteiger partial charge is 0.388 e. The zero-order valence-corrected chi connectivity index (χ0v) is 11.3. The highest BCUT2D eigenvalue weighted by Crippen LogP contribution is 2.08. The molecule has 0 rings (SSSR count). The van der Waals surface area contributed by atoms with E-state index in [1.165, 1.54) is 0 Å². The summed E-state index contributed by atoms with van der Waals surface area (Å²) < 4.78 is 9.94. The van der Waals surface area contributed by atoms with Gasteiger partial charge in [-0.1, -0.05) is 0 Å². The van der Waals surface area contributed by atoms with Gasteiger partial charge in [0.25, 0.3) is 0 Å². The lowest BCUT2D eigenvalue weighted by Crippen LogP contribution is -2.41. The molecule has 0 bridgehead atoms. The topological polar surface area (TPSA) is 67.8 Å². The van der Waals surface area contributed by atoms with E-state index in [0.717, 1.165) is 0 Å². The van der Waals surface area contributed by atoms with Crippen LogP contribution in [0.4, 0.5) is 0 Å². The van der Waals surface area contributed by atoms with Gasteiger partial charge in [0.05, 0.1) is 11.7 Å². The predicted octanol–water partition coefficient (Wildman–Crippen LogP) is 0.705. The Hall–Kier alpha value is -0.650. The van der Waals surface area contributed by atoms with Crippen LogP contribution >= 0.6 is 0 Å². The van der Waals surface area contributed by atoms with E-state index in [0.29, 0.717) is 25.9 Å². The molecule has 5 nitrogen and oxygen atoms in total. The van der Waals surface area contributed by atoms with E-state index in [-0.39, 0.29) is 18.6 Å². The third-order valence-corrected chi connectivity index (χ3v) is 2.69. The molecule has 0 saturated carbocycles. The van der Waals surface area contributed by atoms with Gasteiger partial charge in [0, 0.05) is 40.2 Å². The van der Waals surface area contributed by atoms with Crippen molar-refractivity contribution in [2.45, 2.75) is 44.8 Å². The maximum atomic E-state index is 11.5. The minimum Gasteiger partial charge on any atom is -0.388 e. The van der Waals surface area contributed by atoms with Gasteiger partial charge in [0.15, 0.2) is 0 Å². The van der Waals surface area contributed by atoms with E-state index in [9.17, 15) is 9.90 Å². The quantitative estimate of drug-likeness (QED) is 0.629.